The first-order valence-corrected chi connectivity index (χ1v) is 9.70. The van der Waals surface area contributed by atoms with Crippen LogP contribution in [0.2, 0.25) is 0 Å². The van der Waals surface area contributed by atoms with Gasteiger partial charge in [0, 0.05) is 32.8 Å². The number of ether oxygens (including phenoxy) is 5. The Kier molecular flexibility index (Phi) is 14.3. The van der Waals surface area contributed by atoms with Gasteiger partial charge in [-0.1, -0.05) is 6.07 Å². The highest BCUT2D eigenvalue weighted by Crippen LogP contribution is 2.36. The van der Waals surface area contributed by atoms with Crippen LogP contribution in [0, 0.1) is 0 Å². The molecule has 0 aliphatic rings. The monoisotopic (exact) mass is 401 g/mol. The standard InChI is InChI=1S/C20H35NO7/c1-24-18-6-3-7-19(25-2)20(18)28-17-16-27-15-14-26-13-10-21(8-4-11-22)9-5-12-23/h3,6-7,22-23H,4-5,8-17H2,1-2H3. The number of aliphatic hydroxyl groups is 2. The first kappa shape index (κ1) is 24.5. The lowest BCUT2D eigenvalue weighted by molar-refractivity contribution is 0.0279. The Hall–Kier alpha value is -1.58. The molecule has 0 spiro atoms. The summed E-state index contributed by atoms with van der Waals surface area (Å²) >= 11 is 0. The van der Waals surface area contributed by atoms with E-state index in [2.05, 4.69) is 4.90 Å². The Labute approximate surface area is 167 Å². The largest absolute Gasteiger partial charge is 0.493 e. The molecule has 0 fully saturated rings. The Morgan fingerprint density at radius 3 is 1.82 bits per heavy atom. The van der Waals surface area contributed by atoms with Crippen LogP contribution in [0.5, 0.6) is 17.2 Å². The Morgan fingerprint density at radius 2 is 1.29 bits per heavy atom. The van der Waals surface area contributed by atoms with E-state index in [4.69, 9.17) is 33.9 Å². The van der Waals surface area contributed by atoms with Gasteiger partial charge in [-0.15, -0.1) is 0 Å². The van der Waals surface area contributed by atoms with Crippen molar-refractivity contribution in [1.29, 1.82) is 0 Å². The van der Waals surface area contributed by atoms with Crippen LogP contribution in [0.3, 0.4) is 0 Å². The van der Waals surface area contributed by atoms with Crippen LogP contribution in [-0.4, -0.2) is 95.2 Å². The van der Waals surface area contributed by atoms with Gasteiger partial charge in [0.2, 0.25) is 5.75 Å². The second-order valence-electron chi connectivity index (χ2n) is 6.06. The average molecular weight is 402 g/mol. The summed E-state index contributed by atoms with van der Waals surface area (Å²) < 4.78 is 27.4. The predicted octanol–water partition coefficient (Wildman–Crippen LogP) is 1.18. The molecular weight excluding hydrogens is 366 g/mol. The molecule has 1 aromatic rings. The molecule has 0 aromatic heterocycles. The third-order valence-electron chi connectivity index (χ3n) is 4.05. The van der Waals surface area contributed by atoms with Crippen molar-refractivity contribution < 1.29 is 33.9 Å². The number of methoxy groups -OCH3 is 2. The van der Waals surface area contributed by atoms with Crippen molar-refractivity contribution in [1.82, 2.24) is 4.90 Å². The minimum absolute atomic E-state index is 0.174. The van der Waals surface area contributed by atoms with Crippen molar-refractivity contribution in [3.05, 3.63) is 18.2 Å². The van der Waals surface area contributed by atoms with Crippen LogP contribution in [0.4, 0.5) is 0 Å². The molecule has 0 aliphatic heterocycles. The minimum atomic E-state index is 0.174. The van der Waals surface area contributed by atoms with E-state index in [-0.39, 0.29) is 13.2 Å². The Bertz CT molecular complexity index is 471. The molecule has 0 saturated carbocycles. The van der Waals surface area contributed by atoms with Crippen LogP contribution in [0.15, 0.2) is 18.2 Å². The van der Waals surface area contributed by atoms with E-state index in [1.54, 1.807) is 14.2 Å². The highest BCUT2D eigenvalue weighted by molar-refractivity contribution is 5.51. The van der Waals surface area contributed by atoms with Gasteiger partial charge in [0.05, 0.1) is 40.6 Å². The molecule has 8 nitrogen and oxygen atoms in total. The molecule has 0 aliphatic carbocycles. The molecule has 0 bridgehead atoms. The van der Waals surface area contributed by atoms with E-state index in [9.17, 15) is 0 Å². The molecule has 162 valence electrons. The van der Waals surface area contributed by atoms with Crippen molar-refractivity contribution in [3.63, 3.8) is 0 Å². The third kappa shape index (κ3) is 10.1. The third-order valence-corrected chi connectivity index (χ3v) is 4.05. The summed E-state index contributed by atoms with van der Waals surface area (Å²) in [5.74, 6) is 1.81. The van der Waals surface area contributed by atoms with Crippen LogP contribution in [0.25, 0.3) is 0 Å². The highest BCUT2D eigenvalue weighted by atomic mass is 16.6. The van der Waals surface area contributed by atoms with E-state index in [0.717, 1.165) is 32.5 Å². The van der Waals surface area contributed by atoms with Crippen LogP contribution >= 0.6 is 0 Å². The van der Waals surface area contributed by atoms with Crippen LogP contribution in [-0.2, 0) is 9.47 Å². The molecule has 0 saturated heterocycles. The van der Waals surface area contributed by atoms with Crippen molar-refractivity contribution in [2.45, 2.75) is 12.8 Å². The molecule has 1 aromatic carbocycles. The summed E-state index contributed by atoms with van der Waals surface area (Å²) in [7, 11) is 3.18. The van der Waals surface area contributed by atoms with Gasteiger partial charge in [-0.25, -0.2) is 0 Å². The van der Waals surface area contributed by atoms with Gasteiger partial charge < -0.3 is 38.8 Å². The van der Waals surface area contributed by atoms with Crippen molar-refractivity contribution in [2.24, 2.45) is 0 Å². The summed E-state index contributed by atoms with van der Waals surface area (Å²) in [6, 6.07) is 5.47. The molecule has 1 rings (SSSR count). The van der Waals surface area contributed by atoms with Gasteiger partial charge in [0.1, 0.15) is 6.61 Å². The van der Waals surface area contributed by atoms with Crippen LogP contribution in [0.1, 0.15) is 12.8 Å². The average Bonchev–Trinajstić information content (AvgIpc) is 2.73. The van der Waals surface area contributed by atoms with Gasteiger partial charge in [0.25, 0.3) is 0 Å². The van der Waals surface area contributed by atoms with Crippen molar-refractivity contribution >= 4 is 0 Å². The zero-order chi connectivity index (χ0) is 20.5. The van der Waals surface area contributed by atoms with E-state index in [1.165, 1.54) is 0 Å². The number of hydrogen-bond donors (Lipinski definition) is 2. The summed E-state index contributed by atoms with van der Waals surface area (Å²) in [6.07, 6.45) is 1.46. The smallest absolute Gasteiger partial charge is 0.203 e. The zero-order valence-electron chi connectivity index (χ0n) is 17.1. The normalized spacial score (nSPS) is 11.0. The maximum absolute atomic E-state index is 8.94. The van der Waals surface area contributed by atoms with Gasteiger partial charge in [-0.3, -0.25) is 0 Å². The van der Waals surface area contributed by atoms with E-state index >= 15 is 0 Å². The SMILES string of the molecule is COc1cccc(OC)c1OCCOCCOCCN(CCCO)CCCO. The molecule has 28 heavy (non-hydrogen) atoms. The minimum Gasteiger partial charge on any atom is -0.493 e. The van der Waals surface area contributed by atoms with E-state index < -0.39 is 0 Å². The quantitative estimate of drug-likeness (QED) is 0.355. The molecule has 0 unspecified atom stereocenters. The summed E-state index contributed by atoms with van der Waals surface area (Å²) in [5, 5.41) is 17.9. The number of benzene rings is 1. The first-order chi connectivity index (χ1) is 13.8. The lowest BCUT2D eigenvalue weighted by Gasteiger charge is -2.21. The Morgan fingerprint density at radius 1 is 0.750 bits per heavy atom. The lowest BCUT2D eigenvalue weighted by Crippen LogP contribution is -2.31. The summed E-state index contributed by atoms with van der Waals surface area (Å²) in [5.41, 5.74) is 0. The number of hydrogen-bond acceptors (Lipinski definition) is 8. The zero-order valence-corrected chi connectivity index (χ0v) is 17.1. The van der Waals surface area contributed by atoms with Crippen molar-refractivity contribution in [2.75, 3.05) is 80.1 Å². The summed E-state index contributed by atoms with van der Waals surface area (Å²) in [6.45, 7) is 5.13. The fraction of sp³-hybridized carbons (Fsp3) is 0.700. The molecule has 2 N–H and O–H groups in total. The van der Waals surface area contributed by atoms with Gasteiger partial charge in [0.15, 0.2) is 11.5 Å². The van der Waals surface area contributed by atoms with Gasteiger partial charge in [-0.05, 0) is 25.0 Å². The number of rotatable bonds is 18. The molecule has 0 atom stereocenters. The molecule has 0 heterocycles. The molecular formula is C20H35NO7. The van der Waals surface area contributed by atoms with Gasteiger partial charge in [-0.2, -0.15) is 0 Å². The summed E-state index contributed by atoms with van der Waals surface area (Å²) in [4.78, 5) is 2.18. The van der Waals surface area contributed by atoms with E-state index in [1.807, 2.05) is 18.2 Å². The van der Waals surface area contributed by atoms with E-state index in [0.29, 0.717) is 50.3 Å². The first-order valence-electron chi connectivity index (χ1n) is 9.70. The predicted molar refractivity (Wildman–Crippen MR) is 107 cm³/mol. The second-order valence-corrected chi connectivity index (χ2v) is 6.06. The second kappa shape index (κ2) is 16.4. The number of para-hydroxylation sites is 1. The van der Waals surface area contributed by atoms with Crippen molar-refractivity contribution in [3.8, 4) is 17.2 Å². The fourth-order valence-corrected chi connectivity index (χ4v) is 2.60. The number of aliphatic hydroxyl groups excluding tert-OH is 2. The highest BCUT2D eigenvalue weighted by Gasteiger charge is 2.10. The number of nitrogens with zero attached hydrogens (tertiary/aromatic N) is 1. The molecule has 8 heteroatoms. The van der Waals surface area contributed by atoms with Gasteiger partial charge >= 0.3 is 0 Å². The van der Waals surface area contributed by atoms with Crippen LogP contribution < -0.4 is 14.2 Å². The topological polar surface area (TPSA) is 89.9 Å². The maximum Gasteiger partial charge on any atom is 0.203 e. The lowest BCUT2D eigenvalue weighted by atomic mass is 10.3. The maximum atomic E-state index is 8.94. The Balaban J connectivity index is 2.12. The molecule has 0 amide bonds. The fourth-order valence-electron chi connectivity index (χ4n) is 2.60. The molecule has 0 radical (unpaired) electrons.